The van der Waals surface area contributed by atoms with Crippen molar-refractivity contribution in [2.75, 3.05) is 18.1 Å². The molecule has 5 rings (SSSR count). The molecule has 2 aliphatic heterocycles. The van der Waals surface area contributed by atoms with Gasteiger partial charge in [0.15, 0.2) is 11.2 Å². The molecule has 2 aliphatic rings. The topological polar surface area (TPSA) is 88.5 Å². The fourth-order valence-corrected chi connectivity index (χ4v) is 5.33. The number of benzene rings is 3. The van der Waals surface area contributed by atoms with E-state index in [1.54, 1.807) is 36.9 Å². The smallest absolute Gasteiger partial charge is 0.431 e. The highest BCUT2D eigenvalue weighted by molar-refractivity contribution is 6.27. The minimum absolute atomic E-state index is 0.00741. The molecule has 2 heterocycles. The maximum Gasteiger partial charge on any atom is 0.431 e. The Morgan fingerprint density at radius 3 is 2.32 bits per heavy atom. The number of rotatable bonds is 6. The molecule has 0 saturated heterocycles. The van der Waals surface area contributed by atoms with Gasteiger partial charge in [0.05, 0.1) is 19.8 Å². The molecule has 0 aromatic heterocycles. The van der Waals surface area contributed by atoms with E-state index in [9.17, 15) is 14.4 Å². The van der Waals surface area contributed by atoms with Gasteiger partial charge in [-0.3, -0.25) is 9.59 Å². The first-order chi connectivity index (χ1) is 18.4. The second-order valence-corrected chi connectivity index (χ2v) is 9.17. The maximum absolute atomic E-state index is 14.7. The molecule has 194 valence electrons. The van der Waals surface area contributed by atoms with E-state index < -0.39 is 23.3 Å². The summed E-state index contributed by atoms with van der Waals surface area (Å²) in [6.45, 7) is 5.82. The predicted molar refractivity (Wildman–Crippen MR) is 143 cm³/mol. The van der Waals surface area contributed by atoms with E-state index >= 15 is 0 Å². The van der Waals surface area contributed by atoms with E-state index in [1.165, 1.54) is 0 Å². The highest BCUT2D eigenvalue weighted by atomic mass is 16.6. The van der Waals surface area contributed by atoms with Crippen LogP contribution in [-0.2, 0) is 26.2 Å². The number of Topliss-reactive ketones (excluding diaryl/α,β-unsaturated/α-hetero) is 1. The number of nitrogens with zero attached hydrogens (tertiary/aromatic N) is 3. The molecule has 0 radical (unpaired) electrons. The van der Waals surface area contributed by atoms with E-state index in [4.69, 9.17) is 9.47 Å². The number of para-hydroxylation sites is 1. The van der Waals surface area contributed by atoms with Crippen molar-refractivity contribution in [3.63, 3.8) is 0 Å². The molecule has 0 bridgehead atoms. The van der Waals surface area contributed by atoms with Crippen LogP contribution in [0, 0.1) is 6.92 Å². The number of hydrogen-bond donors (Lipinski definition) is 0. The summed E-state index contributed by atoms with van der Waals surface area (Å²) in [5, 5.41) is 5.45. The molecule has 0 N–H and O–H groups in total. The van der Waals surface area contributed by atoms with Crippen LogP contribution in [-0.4, -0.2) is 47.9 Å². The zero-order chi connectivity index (χ0) is 26.9. The van der Waals surface area contributed by atoms with Gasteiger partial charge in [-0.1, -0.05) is 72.8 Å². The number of ether oxygens (including phenoxy) is 2. The molecular formula is C30H29N3O5. The Bertz CT molecular complexity index is 1420. The molecule has 1 spiro atoms. The van der Waals surface area contributed by atoms with E-state index in [-0.39, 0.29) is 31.6 Å². The van der Waals surface area contributed by atoms with E-state index in [0.717, 1.165) is 16.1 Å². The van der Waals surface area contributed by atoms with Crippen LogP contribution in [0.4, 0.5) is 10.5 Å². The fourth-order valence-electron chi connectivity index (χ4n) is 5.33. The third kappa shape index (κ3) is 3.84. The molecule has 38 heavy (non-hydrogen) atoms. The van der Waals surface area contributed by atoms with Gasteiger partial charge in [0.1, 0.15) is 6.04 Å². The van der Waals surface area contributed by atoms with Crippen LogP contribution in [0.2, 0.25) is 0 Å². The SMILES string of the molecule is CCOC(=O)N1N=C(OCC)[C@@]2(C(=O)N(Cc3ccccc3)c3ccccc32)[C@@H]1C(=O)c1ccccc1C. The van der Waals surface area contributed by atoms with Crippen molar-refractivity contribution in [1.29, 1.82) is 0 Å². The van der Waals surface area contributed by atoms with Gasteiger partial charge in [-0.05, 0) is 38.0 Å². The molecule has 0 saturated carbocycles. The Hall–Kier alpha value is -4.46. The number of hydrazone groups is 1. The Labute approximate surface area is 221 Å². The summed E-state index contributed by atoms with van der Waals surface area (Å²) in [4.78, 5) is 43.9. The Morgan fingerprint density at radius 1 is 0.921 bits per heavy atom. The van der Waals surface area contributed by atoms with Crippen molar-refractivity contribution >= 4 is 29.4 Å². The second kappa shape index (κ2) is 10.1. The quantitative estimate of drug-likeness (QED) is 0.442. The summed E-state index contributed by atoms with van der Waals surface area (Å²) in [6, 6.07) is 22.7. The third-order valence-corrected chi connectivity index (χ3v) is 6.97. The molecule has 2 amide bonds. The minimum Gasteiger partial charge on any atom is -0.479 e. The lowest BCUT2D eigenvalue weighted by Crippen LogP contribution is -2.58. The van der Waals surface area contributed by atoms with Gasteiger partial charge in [-0.15, -0.1) is 5.10 Å². The average Bonchev–Trinajstić information content (AvgIpc) is 3.39. The lowest BCUT2D eigenvalue weighted by atomic mass is 9.72. The fraction of sp³-hybridized carbons (Fsp3) is 0.267. The molecule has 3 aromatic rings. The monoisotopic (exact) mass is 511 g/mol. The normalized spacial score (nSPS) is 19.9. The van der Waals surface area contributed by atoms with Gasteiger partial charge in [0, 0.05) is 16.8 Å². The van der Waals surface area contributed by atoms with Crippen LogP contribution in [0.15, 0.2) is 84.0 Å². The molecule has 8 nitrogen and oxygen atoms in total. The van der Waals surface area contributed by atoms with Crippen molar-refractivity contribution in [2.24, 2.45) is 5.10 Å². The molecule has 0 unspecified atom stereocenters. The first kappa shape index (κ1) is 25.2. The van der Waals surface area contributed by atoms with Crippen molar-refractivity contribution in [1.82, 2.24) is 5.01 Å². The number of ketones is 1. The molecule has 8 heteroatoms. The van der Waals surface area contributed by atoms with Crippen LogP contribution in [0.1, 0.15) is 40.9 Å². The average molecular weight is 512 g/mol. The molecule has 2 atom stereocenters. The number of fused-ring (bicyclic) bond motifs is 2. The standard InChI is InChI=1S/C30H29N3O5/c1-4-37-27-30(23-17-11-12-18-24(23)32(28(30)35)19-21-14-7-6-8-15-21)26(33(31-27)29(36)38-5-2)25(34)22-16-10-9-13-20(22)3/h6-18,26H,4-5,19H2,1-3H3/t26-,30-/m0/s1. The van der Waals surface area contributed by atoms with Crippen molar-refractivity contribution in [2.45, 2.75) is 38.8 Å². The lowest BCUT2D eigenvalue weighted by Gasteiger charge is -2.32. The minimum atomic E-state index is -1.67. The van der Waals surface area contributed by atoms with Crippen LogP contribution < -0.4 is 4.90 Å². The van der Waals surface area contributed by atoms with Crippen LogP contribution >= 0.6 is 0 Å². The first-order valence-corrected chi connectivity index (χ1v) is 12.7. The number of carbonyl (C=O) groups is 3. The summed E-state index contributed by atoms with van der Waals surface area (Å²) in [6.07, 6.45) is -0.819. The summed E-state index contributed by atoms with van der Waals surface area (Å²) in [5.41, 5.74) is 1.57. The van der Waals surface area contributed by atoms with Crippen molar-refractivity contribution < 1.29 is 23.9 Å². The van der Waals surface area contributed by atoms with Crippen molar-refractivity contribution in [3.8, 4) is 0 Å². The number of aryl methyl sites for hydroxylation is 1. The zero-order valence-corrected chi connectivity index (χ0v) is 21.6. The second-order valence-electron chi connectivity index (χ2n) is 9.17. The van der Waals surface area contributed by atoms with Crippen LogP contribution in [0.3, 0.4) is 0 Å². The van der Waals surface area contributed by atoms with Gasteiger partial charge >= 0.3 is 6.09 Å². The maximum atomic E-state index is 14.7. The first-order valence-electron chi connectivity index (χ1n) is 12.7. The zero-order valence-electron chi connectivity index (χ0n) is 21.6. The van der Waals surface area contributed by atoms with Crippen LogP contribution in [0.5, 0.6) is 0 Å². The summed E-state index contributed by atoms with van der Waals surface area (Å²) < 4.78 is 11.3. The lowest BCUT2D eigenvalue weighted by molar-refractivity contribution is -0.122. The molecular weight excluding hydrogens is 482 g/mol. The largest absolute Gasteiger partial charge is 0.479 e. The summed E-state index contributed by atoms with van der Waals surface area (Å²) in [5.74, 6) is -0.791. The number of anilines is 1. The third-order valence-electron chi connectivity index (χ3n) is 6.97. The highest BCUT2D eigenvalue weighted by Gasteiger charge is 2.68. The molecule has 0 aliphatic carbocycles. The van der Waals surface area contributed by atoms with Gasteiger partial charge in [-0.2, -0.15) is 5.01 Å². The molecule has 3 aromatic carbocycles. The summed E-state index contributed by atoms with van der Waals surface area (Å²) >= 11 is 0. The number of amides is 2. The van der Waals surface area contributed by atoms with Crippen molar-refractivity contribution in [3.05, 3.63) is 101 Å². The highest BCUT2D eigenvalue weighted by Crippen LogP contribution is 2.51. The number of hydrogen-bond acceptors (Lipinski definition) is 6. The Kier molecular flexibility index (Phi) is 6.72. The number of carbonyl (C=O) groups excluding carboxylic acids is 3. The summed E-state index contributed by atoms with van der Waals surface area (Å²) in [7, 11) is 0. The Balaban J connectivity index is 1.74. The molecule has 0 fully saturated rings. The van der Waals surface area contributed by atoms with Gasteiger partial charge in [-0.25, -0.2) is 4.79 Å². The van der Waals surface area contributed by atoms with Gasteiger partial charge in [0.2, 0.25) is 11.8 Å². The van der Waals surface area contributed by atoms with E-state index in [2.05, 4.69) is 5.10 Å². The van der Waals surface area contributed by atoms with E-state index in [0.29, 0.717) is 16.8 Å². The Morgan fingerprint density at radius 2 is 1.61 bits per heavy atom. The predicted octanol–water partition coefficient (Wildman–Crippen LogP) is 4.85. The van der Waals surface area contributed by atoms with Gasteiger partial charge < -0.3 is 14.4 Å². The van der Waals surface area contributed by atoms with Crippen LogP contribution in [0.25, 0.3) is 0 Å². The van der Waals surface area contributed by atoms with Gasteiger partial charge in [0.25, 0.3) is 0 Å². The van der Waals surface area contributed by atoms with E-state index in [1.807, 2.05) is 67.6 Å².